The fourth-order valence-corrected chi connectivity index (χ4v) is 0.888. The highest BCUT2D eigenvalue weighted by Crippen LogP contribution is 2.24. The molecule has 0 aliphatic heterocycles. The molecule has 0 aromatic rings. The molecule has 0 fully saturated rings. The van der Waals surface area contributed by atoms with E-state index < -0.39 is 11.7 Å². The number of allylic oxidation sites excluding steroid dienone is 3. The van der Waals surface area contributed by atoms with E-state index in [4.69, 9.17) is 0 Å². The van der Waals surface area contributed by atoms with E-state index in [9.17, 15) is 13.6 Å². The molecule has 1 amide bonds. The molecule has 0 aromatic carbocycles. The summed E-state index contributed by atoms with van der Waals surface area (Å²) in [5, 5.41) is 1.96. The topological polar surface area (TPSA) is 29.1 Å². The maximum atomic E-state index is 12.7. The Labute approximate surface area is 62.6 Å². The molecule has 11 heavy (non-hydrogen) atoms. The molecule has 0 aromatic heterocycles. The lowest BCUT2D eigenvalue weighted by Gasteiger charge is -2.09. The summed E-state index contributed by atoms with van der Waals surface area (Å²) in [6, 6.07) is 0. The third-order valence-corrected chi connectivity index (χ3v) is 1.40. The molecule has 1 aliphatic carbocycles. The van der Waals surface area contributed by atoms with Gasteiger partial charge in [0.2, 0.25) is 6.41 Å². The van der Waals surface area contributed by atoms with Crippen LogP contribution >= 0.6 is 0 Å². The summed E-state index contributed by atoms with van der Waals surface area (Å²) >= 11 is 0. The van der Waals surface area contributed by atoms with Crippen LogP contribution in [0.15, 0.2) is 23.4 Å². The lowest BCUT2D eigenvalue weighted by molar-refractivity contribution is -0.109. The number of hydrogen-bond acceptors (Lipinski definition) is 1. The van der Waals surface area contributed by atoms with Crippen molar-refractivity contribution in [3.8, 4) is 0 Å². The first-order valence-electron chi connectivity index (χ1n) is 3.20. The minimum absolute atomic E-state index is 0.156. The average Bonchev–Trinajstić information content (AvgIpc) is 1.97. The van der Waals surface area contributed by atoms with Gasteiger partial charge < -0.3 is 5.32 Å². The highest BCUT2D eigenvalue weighted by Gasteiger charge is 2.14. The number of rotatable bonds is 2. The van der Waals surface area contributed by atoms with E-state index in [0.717, 1.165) is 0 Å². The van der Waals surface area contributed by atoms with Crippen LogP contribution in [0.25, 0.3) is 0 Å². The van der Waals surface area contributed by atoms with E-state index in [1.165, 1.54) is 6.08 Å². The molecule has 1 N–H and O–H groups in total. The molecule has 0 unspecified atom stereocenters. The predicted octanol–water partition coefficient (Wildman–Crippen LogP) is 1.56. The molecule has 0 bridgehead atoms. The van der Waals surface area contributed by atoms with Gasteiger partial charge in [-0.3, -0.25) is 4.79 Å². The Morgan fingerprint density at radius 3 is 2.82 bits per heavy atom. The van der Waals surface area contributed by atoms with Crippen LogP contribution in [0.3, 0.4) is 0 Å². The van der Waals surface area contributed by atoms with E-state index in [1.54, 1.807) is 0 Å². The van der Waals surface area contributed by atoms with Crippen molar-refractivity contribution in [3.63, 3.8) is 0 Å². The van der Waals surface area contributed by atoms with E-state index >= 15 is 0 Å². The third-order valence-electron chi connectivity index (χ3n) is 1.40. The number of amides is 1. The highest BCUT2D eigenvalue weighted by molar-refractivity contribution is 5.53. The standard InChI is InChI=1S/C7H7F2NO/c8-5-2-1-3-6(9)7(5)10-4-11/h2,4H,1,3H2,(H,10,11). The van der Waals surface area contributed by atoms with Crippen LogP contribution in [-0.2, 0) is 4.79 Å². The summed E-state index contributed by atoms with van der Waals surface area (Å²) in [6.07, 6.45) is 2.01. The minimum atomic E-state index is -0.694. The van der Waals surface area contributed by atoms with Crippen molar-refractivity contribution < 1.29 is 13.6 Å². The van der Waals surface area contributed by atoms with Gasteiger partial charge in [0, 0.05) is 6.42 Å². The van der Waals surface area contributed by atoms with E-state index in [2.05, 4.69) is 0 Å². The van der Waals surface area contributed by atoms with Gasteiger partial charge in [0.25, 0.3) is 0 Å². The third kappa shape index (κ3) is 1.63. The van der Waals surface area contributed by atoms with Crippen LogP contribution in [0.4, 0.5) is 8.78 Å². The maximum absolute atomic E-state index is 12.7. The van der Waals surface area contributed by atoms with E-state index in [0.29, 0.717) is 6.42 Å². The van der Waals surface area contributed by atoms with Gasteiger partial charge in [-0.2, -0.15) is 0 Å². The molecular formula is C7H7F2NO. The second kappa shape index (κ2) is 3.27. The van der Waals surface area contributed by atoms with Gasteiger partial charge in [-0.25, -0.2) is 8.78 Å². The first kappa shape index (κ1) is 7.91. The van der Waals surface area contributed by atoms with Gasteiger partial charge >= 0.3 is 0 Å². The van der Waals surface area contributed by atoms with Crippen molar-refractivity contribution in [2.45, 2.75) is 12.8 Å². The fourth-order valence-electron chi connectivity index (χ4n) is 0.888. The number of carbonyl (C=O) groups excluding carboxylic acids is 1. The predicted molar refractivity (Wildman–Crippen MR) is 35.8 cm³/mol. The number of halogens is 2. The van der Waals surface area contributed by atoms with Gasteiger partial charge in [0.15, 0.2) is 0 Å². The van der Waals surface area contributed by atoms with Crippen molar-refractivity contribution in [3.05, 3.63) is 23.4 Å². The van der Waals surface area contributed by atoms with Gasteiger partial charge in [-0.1, -0.05) is 0 Å². The zero-order valence-electron chi connectivity index (χ0n) is 5.73. The lowest BCUT2D eigenvalue weighted by atomic mass is 10.1. The second-order valence-electron chi connectivity index (χ2n) is 2.13. The number of carbonyl (C=O) groups is 1. The van der Waals surface area contributed by atoms with Crippen molar-refractivity contribution >= 4 is 6.41 Å². The van der Waals surface area contributed by atoms with E-state index in [-0.39, 0.29) is 18.5 Å². The van der Waals surface area contributed by atoms with Crippen LogP contribution in [0.1, 0.15) is 12.8 Å². The zero-order valence-corrected chi connectivity index (χ0v) is 5.73. The Hall–Kier alpha value is -1.19. The van der Waals surface area contributed by atoms with Gasteiger partial charge in [0.1, 0.15) is 17.4 Å². The Morgan fingerprint density at radius 2 is 2.27 bits per heavy atom. The van der Waals surface area contributed by atoms with Crippen LogP contribution in [0.5, 0.6) is 0 Å². The van der Waals surface area contributed by atoms with Gasteiger partial charge in [-0.05, 0) is 12.5 Å². The number of hydrogen-bond donors (Lipinski definition) is 1. The Balaban J connectivity index is 2.84. The molecule has 1 rings (SSSR count). The molecule has 4 heteroatoms. The molecule has 2 nitrogen and oxygen atoms in total. The van der Waals surface area contributed by atoms with Crippen LogP contribution in [0.2, 0.25) is 0 Å². The quantitative estimate of drug-likeness (QED) is 0.608. The average molecular weight is 159 g/mol. The molecule has 60 valence electrons. The van der Waals surface area contributed by atoms with Crippen molar-refractivity contribution in [1.29, 1.82) is 0 Å². The second-order valence-corrected chi connectivity index (χ2v) is 2.13. The molecule has 0 spiro atoms. The van der Waals surface area contributed by atoms with Crippen molar-refractivity contribution in [1.82, 2.24) is 5.32 Å². The highest BCUT2D eigenvalue weighted by atomic mass is 19.1. The normalized spacial score (nSPS) is 17.8. The van der Waals surface area contributed by atoms with Crippen LogP contribution in [0, 0.1) is 0 Å². The molecule has 1 aliphatic rings. The van der Waals surface area contributed by atoms with Crippen LogP contribution < -0.4 is 5.32 Å². The fraction of sp³-hybridized carbons (Fsp3) is 0.286. The Kier molecular flexibility index (Phi) is 2.36. The Bertz CT molecular complexity index is 233. The molecule has 0 heterocycles. The summed E-state index contributed by atoms with van der Waals surface area (Å²) in [6.45, 7) is 0. The van der Waals surface area contributed by atoms with Crippen molar-refractivity contribution in [2.75, 3.05) is 0 Å². The summed E-state index contributed by atoms with van der Waals surface area (Å²) in [7, 11) is 0. The summed E-state index contributed by atoms with van der Waals surface area (Å²) in [5.41, 5.74) is -0.328. The zero-order chi connectivity index (χ0) is 8.27. The van der Waals surface area contributed by atoms with Crippen LogP contribution in [-0.4, -0.2) is 6.41 Å². The summed E-state index contributed by atoms with van der Waals surface area (Å²) in [5.74, 6) is -1.29. The van der Waals surface area contributed by atoms with Crippen molar-refractivity contribution in [2.24, 2.45) is 0 Å². The molecule has 0 saturated heterocycles. The summed E-state index contributed by atoms with van der Waals surface area (Å²) in [4.78, 5) is 9.86. The smallest absolute Gasteiger partial charge is 0.211 e. The SMILES string of the molecule is O=CNC1=C(F)CCC=C1F. The molecular weight excluding hydrogens is 152 g/mol. The lowest BCUT2D eigenvalue weighted by Crippen LogP contribution is -2.14. The minimum Gasteiger partial charge on any atom is -0.324 e. The summed E-state index contributed by atoms with van der Waals surface area (Å²) < 4.78 is 25.3. The van der Waals surface area contributed by atoms with Gasteiger partial charge in [0.05, 0.1) is 0 Å². The van der Waals surface area contributed by atoms with E-state index in [1.807, 2.05) is 5.32 Å². The molecule has 0 saturated carbocycles. The largest absolute Gasteiger partial charge is 0.324 e. The van der Waals surface area contributed by atoms with Gasteiger partial charge in [-0.15, -0.1) is 0 Å². The molecule has 0 atom stereocenters. The molecule has 0 radical (unpaired) electrons. The number of nitrogens with one attached hydrogen (secondary N) is 1. The first-order chi connectivity index (χ1) is 5.25. The maximum Gasteiger partial charge on any atom is 0.211 e. The monoisotopic (exact) mass is 159 g/mol. The Morgan fingerprint density at radius 1 is 1.55 bits per heavy atom. The first-order valence-corrected chi connectivity index (χ1v) is 3.20.